The number of ether oxygens (including phenoxy) is 3. The fourth-order valence-corrected chi connectivity index (χ4v) is 2.98. The van der Waals surface area contributed by atoms with Crippen LogP contribution in [0.1, 0.15) is 21.7 Å². The van der Waals surface area contributed by atoms with Gasteiger partial charge in [0.15, 0.2) is 17.3 Å². The Kier molecular flexibility index (Phi) is 7.53. The van der Waals surface area contributed by atoms with Crippen LogP contribution in [-0.4, -0.2) is 33.1 Å². The number of carbonyl (C=O) groups is 2. The Morgan fingerprint density at radius 1 is 0.969 bits per heavy atom. The summed E-state index contributed by atoms with van der Waals surface area (Å²) in [5.74, 6) is 1.09. The van der Waals surface area contributed by atoms with E-state index in [9.17, 15) is 9.59 Å². The zero-order valence-electron chi connectivity index (χ0n) is 18.0. The second-order valence-electron chi connectivity index (χ2n) is 6.64. The molecule has 0 spiro atoms. The molecule has 1 aromatic heterocycles. The topological polar surface area (TPSA) is 99.0 Å². The van der Waals surface area contributed by atoms with E-state index in [0.717, 1.165) is 11.1 Å². The van der Waals surface area contributed by atoms with E-state index in [4.69, 9.17) is 18.6 Å². The summed E-state index contributed by atoms with van der Waals surface area (Å²) in [5.41, 5.74) is 2.15. The summed E-state index contributed by atoms with van der Waals surface area (Å²) in [6.45, 7) is 0.295. The molecule has 0 atom stereocenters. The molecule has 8 nitrogen and oxygen atoms in total. The predicted octanol–water partition coefficient (Wildman–Crippen LogP) is 3.89. The van der Waals surface area contributed by atoms with Crippen molar-refractivity contribution in [3.05, 3.63) is 77.8 Å². The van der Waals surface area contributed by atoms with Gasteiger partial charge in [-0.15, -0.1) is 0 Å². The molecule has 0 fully saturated rings. The second-order valence-corrected chi connectivity index (χ2v) is 6.64. The first-order chi connectivity index (χ1) is 15.5. The molecule has 2 aromatic carbocycles. The Hall–Kier alpha value is -4.20. The molecule has 0 unspecified atom stereocenters. The van der Waals surface area contributed by atoms with Gasteiger partial charge in [-0.2, -0.15) is 0 Å². The molecule has 166 valence electrons. The van der Waals surface area contributed by atoms with Gasteiger partial charge in [-0.3, -0.25) is 9.59 Å². The van der Waals surface area contributed by atoms with E-state index in [0.29, 0.717) is 29.5 Å². The Bertz CT molecular complexity index is 1080. The van der Waals surface area contributed by atoms with Crippen LogP contribution in [0.15, 0.2) is 65.3 Å². The normalized spacial score (nSPS) is 10.6. The zero-order valence-corrected chi connectivity index (χ0v) is 18.0. The number of rotatable bonds is 9. The summed E-state index contributed by atoms with van der Waals surface area (Å²) in [5, 5.41) is 5.57. The summed E-state index contributed by atoms with van der Waals surface area (Å²) in [6.07, 6.45) is 4.51. The number of methoxy groups -OCH3 is 3. The van der Waals surface area contributed by atoms with Gasteiger partial charge in [0.2, 0.25) is 11.7 Å². The fraction of sp³-hybridized carbons (Fsp3) is 0.167. The number of benzene rings is 2. The quantitative estimate of drug-likeness (QED) is 0.494. The standard InChI is InChI=1S/C24H24N2O6/c1-29-20-13-16(14-21(30-2)23(20)31-3)9-10-22(27)25-15-17-6-4-7-18(12-17)26-24(28)19-8-5-11-32-19/h4-14H,15H2,1-3H3,(H,25,27)(H,26,28). The smallest absolute Gasteiger partial charge is 0.291 e. The first-order valence-corrected chi connectivity index (χ1v) is 9.73. The van der Waals surface area contributed by atoms with Crippen LogP contribution in [0.3, 0.4) is 0 Å². The Morgan fingerprint density at radius 2 is 1.72 bits per heavy atom. The number of hydrogen-bond donors (Lipinski definition) is 2. The number of anilines is 1. The average Bonchev–Trinajstić information content (AvgIpc) is 3.36. The third-order valence-electron chi connectivity index (χ3n) is 4.51. The Labute approximate surface area is 185 Å². The Balaban J connectivity index is 1.60. The molecule has 8 heteroatoms. The van der Waals surface area contributed by atoms with E-state index in [1.807, 2.05) is 6.07 Å². The molecule has 3 rings (SSSR count). The summed E-state index contributed by atoms with van der Waals surface area (Å²) in [7, 11) is 4.59. The van der Waals surface area contributed by atoms with Crippen LogP contribution in [0.5, 0.6) is 17.2 Å². The van der Waals surface area contributed by atoms with Gasteiger partial charge in [-0.1, -0.05) is 12.1 Å². The number of carbonyl (C=O) groups excluding carboxylic acids is 2. The number of hydrogen-bond acceptors (Lipinski definition) is 6. The molecule has 0 aliphatic rings. The van der Waals surface area contributed by atoms with Gasteiger partial charge in [0.05, 0.1) is 27.6 Å². The maximum absolute atomic E-state index is 12.3. The number of nitrogens with one attached hydrogen (secondary N) is 2. The van der Waals surface area contributed by atoms with Crippen LogP contribution in [0.2, 0.25) is 0 Å². The molecule has 3 aromatic rings. The largest absolute Gasteiger partial charge is 0.493 e. The third kappa shape index (κ3) is 5.69. The van der Waals surface area contributed by atoms with Crippen LogP contribution >= 0.6 is 0 Å². The molecule has 0 bridgehead atoms. The van der Waals surface area contributed by atoms with Gasteiger partial charge in [0.25, 0.3) is 5.91 Å². The highest BCUT2D eigenvalue weighted by Gasteiger charge is 2.12. The van der Waals surface area contributed by atoms with Crippen LogP contribution in [0.25, 0.3) is 6.08 Å². The van der Waals surface area contributed by atoms with Crippen molar-refractivity contribution in [2.24, 2.45) is 0 Å². The molecule has 0 saturated carbocycles. The highest BCUT2D eigenvalue weighted by Crippen LogP contribution is 2.38. The van der Waals surface area contributed by atoms with Crippen LogP contribution in [-0.2, 0) is 11.3 Å². The third-order valence-corrected chi connectivity index (χ3v) is 4.51. The molecule has 0 radical (unpaired) electrons. The molecule has 1 heterocycles. The first kappa shape index (κ1) is 22.5. The van der Waals surface area contributed by atoms with Crippen molar-refractivity contribution in [2.75, 3.05) is 26.6 Å². The summed E-state index contributed by atoms with van der Waals surface area (Å²) in [6, 6.07) is 13.9. The summed E-state index contributed by atoms with van der Waals surface area (Å²) < 4.78 is 21.0. The van der Waals surface area contributed by atoms with E-state index >= 15 is 0 Å². The van der Waals surface area contributed by atoms with E-state index in [2.05, 4.69) is 10.6 Å². The number of furan rings is 1. The van der Waals surface area contributed by atoms with Crippen molar-refractivity contribution in [3.8, 4) is 17.2 Å². The van der Waals surface area contributed by atoms with Crippen LogP contribution in [0, 0.1) is 0 Å². The van der Waals surface area contributed by atoms with Crippen molar-refractivity contribution in [1.29, 1.82) is 0 Å². The summed E-state index contributed by atoms with van der Waals surface area (Å²) >= 11 is 0. The van der Waals surface area contributed by atoms with Crippen molar-refractivity contribution in [2.45, 2.75) is 6.54 Å². The SMILES string of the molecule is COc1cc(C=CC(=O)NCc2cccc(NC(=O)c3ccco3)c2)cc(OC)c1OC. The number of amides is 2. The molecular weight excluding hydrogens is 412 g/mol. The molecule has 0 aliphatic carbocycles. The van der Waals surface area contributed by atoms with Crippen molar-refractivity contribution in [1.82, 2.24) is 5.32 Å². The van der Waals surface area contributed by atoms with Crippen LogP contribution in [0.4, 0.5) is 5.69 Å². The molecule has 0 saturated heterocycles. The Morgan fingerprint density at radius 3 is 2.34 bits per heavy atom. The van der Waals surface area contributed by atoms with Gasteiger partial charge >= 0.3 is 0 Å². The van der Waals surface area contributed by atoms with E-state index in [1.54, 1.807) is 48.5 Å². The first-order valence-electron chi connectivity index (χ1n) is 9.73. The maximum Gasteiger partial charge on any atom is 0.291 e. The molecule has 32 heavy (non-hydrogen) atoms. The lowest BCUT2D eigenvalue weighted by molar-refractivity contribution is -0.116. The molecule has 0 aliphatic heterocycles. The lowest BCUT2D eigenvalue weighted by Crippen LogP contribution is -2.20. The van der Waals surface area contributed by atoms with E-state index in [1.165, 1.54) is 33.7 Å². The molecule has 2 amide bonds. The van der Waals surface area contributed by atoms with Gasteiger partial charge in [0.1, 0.15) is 0 Å². The van der Waals surface area contributed by atoms with Crippen molar-refractivity contribution >= 4 is 23.6 Å². The van der Waals surface area contributed by atoms with Crippen molar-refractivity contribution in [3.63, 3.8) is 0 Å². The molecule has 2 N–H and O–H groups in total. The second kappa shape index (κ2) is 10.7. The highest BCUT2D eigenvalue weighted by atomic mass is 16.5. The fourth-order valence-electron chi connectivity index (χ4n) is 2.98. The van der Waals surface area contributed by atoms with Crippen LogP contribution < -0.4 is 24.8 Å². The minimum atomic E-state index is -0.343. The highest BCUT2D eigenvalue weighted by molar-refractivity contribution is 6.02. The van der Waals surface area contributed by atoms with Gasteiger partial charge in [0, 0.05) is 18.3 Å². The maximum atomic E-state index is 12.3. The van der Waals surface area contributed by atoms with Gasteiger partial charge in [-0.25, -0.2) is 0 Å². The van der Waals surface area contributed by atoms with E-state index in [-0.39, 0.29) is 17.6 Å². The predicted molar refractivity (Wildman–Crippen MR) is 120 cm³/mol. The van der Waals surface area contributed by atoms with Gasteiger partial charge in [-0.05, 0) is 53.6 Å². The monoisotopic (exact) mass is 436 g/mol. The van der Waals surface area contributed by atoms with E-state index < -0.39 is 0 Å². The van der Waals surface area contributed by atoms with Gasteiger partial charge < -0.3 is 29.3 Å². The minimum absolute atomic E-state index is 0.223. The lowest BCUT2D eigenvalue weighted by Gasteiger charge is -2.12. The van der Waals surface area contributed by atoms with Crippen molar-refractivity contribution < 1.29 is 28.2 Å². The average molecular weight is 436 g/mol. The molecular formula is C24H24N2O6. The summed E-state index contributed by atoms with van der Waals surface area (Å²) in [4.78, 5) is 24.4. The lowest BCUT2D eigenvalue weighted by atomic mass is 10.1. The zero-order chi connectivity index (χ0) is 22.9. The minimum Gasteiger partial charge on any atom is -0.493 e.